The molecule has 10 heteroatoms. The summed E-state index contributed by atoms with van der Waals surface area (Å²) in [7, 11) is 0. The minimum Gasteiger partial charge on any atom is -0.503 e. The van der Waals surface area contributed by atoms with Crippen LogP contribution in [0.5, 0.6) is 11.5 Å². The Morgan fingerprint density at radius 3 is 1.12 bits per heavy atom. The van der Waals surface area contributed by atoms with Crippen molar-refractivity contribution < 1.29 is 10.2 Å². The highest BCUT2D eigenvalue weighted by Crippen LogP contribution is 1.93. The number of benzene rings is 1. The van der Waals surface area contributed by atoms with Crippen molar-refractivity contribution in [3.8, 4) is 35.8 Å². The molecule has 0 fully saturated rings. The number of nitriles is 4. The molecule has 3 rings (SSSR count). The molecule has 0 spiro atoms. The SMILES string of the molecule is N#CC(C#N)=c1ccc(=C(C#N)C#N)cc1.O=c1[nH]cccc1O.O=c1[nH]cccc1O. The van der Waals surface area contributed by atoms with Gasteiger partial charge >= 0.3 is 0 Å². The van der Waals surface area contributed by atoms with E-state index in [1.54, 1.807) is 36.4 Å². The Kier molecular flexibility index (Phi) is 9.78. The summed E-state index contributed by atoms with van der Waals surface area (Å²) in [6.45, 7) is 0. The molecule has 0 saturated heterocycles. The predicted molar refractivity (Wildman–Crippen MR) is 112 cm³/mol. The maximum atomic E-state index is 10.3. The van der Waals surface area contributed by atoms with Gasteiger partial charge in [0.15, 0.2) is 11.5 Å². The highest BCUT2D eigenvalue weighted by Gasteiger charge is 1.96. The third-order valence-corrected chi connectivity index (χ3v) is 3.50. The van der Waals surface area contributed by atoms with Gasteiger partial charge in [-0.05, 0) is 24.3 Å². The standard InChI is InChI=1S/C12H4N4.2C5H5NO2/c13-5-11(6-14)9-1-2-10(4-3-9)12(7-15)8-16;2*7-4-2-1-3-6-5(4)8/h1-4H;2*1-3,7H,(H,6,8). The van der Waals surface area contributed by atoms with Crippen LogP contribution < -0.4 is 21.6 Å². The molecule has 4 N–H and O–H groups in total. The van der Waals surface area contributed by atoms with Crippen molar-refractivity contribution in [3.05, 3.63) is 92.1 Å². The number of rotatable bonds is 0. The second kappa shape index (κ2) is 12.8. The zero-order valence-electron chi connectivity index (χ0n) is 16.3. The number of aromatic hydroxyl groups is 2. The Hall–Kier alpha value is -5.58. The van der Waals surface area contributed by atoms with E-state index in [1.165, 1.54) is 48.8 Å². The molecule has 0 aliphatic carbocycles. The van der Waals surface area contributed by atoms with Gasteiger partial charge in [0, 0.05) is 22.8 Å². The minimum absolute atomic E-state index is 0.00187. The smallest absolute Gasteiger partial charge is 0.290 e. The maximum Gasteiger partial charge on any atom is 0.290 e. The van der Waals surface area contributed by atoms with Crippen LogP contribution in [-0.4, -0.2) is 20.2 Å². The fourth-order valence-electron chi connectivity index (χ4n) is 1.94. The van der Waals surface area contributed by atoms with E-state index < -0.39 is 11.1 Å². The molecule has 2 aromatic heterocycles. The first-order chi connectivity index (χ1) is 15.4. The molecule has 0 radical (unpaired) electrons. The van der Waals surface area contributed by atoms with Crippen LogP contribution >= 0.6 is 0 Å². The van der Waals surface area contributed by atoms with Gasteiger partial charge < -0.3 is 20.2 Å². The van der Waals surface area contributed by atoms with E-state index in [2.05, 4.69) is 9.97 Å². The van der Waals surface area contributed by atoms with Crippen LogP contribution in [0.25, 0.3) is 11.1 Å². The fourth-order valence-corrected chi connectivity index (χ4v) is 1.94. The molecule has 0 aliphatic rings. The summed E-state index contributed by atoms with van der Waals surface area (Å²) in [5.41, 5.74) is -0.899. The molecule has 0 saturated carbocycles. The number of hydrogen-bond acceptors (Lipinski definition) is 8. The van der Waals surface area contributed by atoms with Gasteiger partial charge in [-0.2, -0.15) is 21.0 Å². The van der Waals surface area contributed by atoms with E-state index in [0.717, 1.165) is 0 Å². The molecular formula is C22H14N6O4. The molecule has 0 amide bonds. The minimum atomic E-state index is -0.451. The Labute approximate surface area is 180 Å². The summed E-state index contributed by atoms with van der Waals surface area (Å²) in [5, 5.41) is 52.6. The van der Waals surface area contributed by atoms with Crippen LogP contribution in [0.4, 0.5) is 0 Å². The molecule has 0 bridgehead atoms. The van der Waals surface area contributed by atoms with Gasteiger partial charge in [-0.3, -0.25) is 9.59 Å². The number of aromatic amines is 2. The summed E-state index contributed by atoms with van der Waals surface area (Å²) < 4.78 is 0. The van der Waals surface area contributed by atoms with Crippen molar-refractivity contribution in [2.75, 3.05) is 0 Å². The number of hydrogen-bond donors (Lipinski definition) is 4. The molecule has 156 valence electrons. The lowest BCUT2D eigenvalue weighted by molar-refractivity contribution is 0.466. The summed E-state index contributed by atoms with van der Waals surface area (Å²) in [4.78, 5) is 25.2. The first-order valence-corrected chi connectivity index (χ1v) is 8.56. The molecular weight excluding hydrogens is 412 g/mol. The molecule has 10 nitrogen and oxygen atoms in total. The Balaban J connectivity index is 0.000000267. The van der Waals surface area contributed by atoms with E-state index in [1.807, 2.05) is 0 Å². The van der Waals surface area contributed by atoms with Crippen LogP contribution in [0, 0.1) is 45.3 Å². The Bertz CT molecular complexity index is 1320. The van der Waals surface area contributed by atoms with E-state index in [0.29, 0.717) is 10.4 Å². The van der Waals surface area contributed by atoms with Crippen molar-refractivity contribution in [2.45, 2.75) is 0 Å². The van der Waals surface area contributed by atoms with Crippen LogP contribution in [-0.2, 0) is 0 Å². The first-order valence-electron chi connectivity index (χ1n) is 8.56. The van der Waals surface area contributed by atoms with Crippen molar-refractivity contribution >= 4 is 11.1 Å². The van der Waals surface area contributed by atoms with Gasteiger partial charge in [-0.1, -0.05) is 24.3 Å². The quantitative estimate of drug-likeness (QED) is 0.391. The van der Waals surface area contributed by atoms with Crippen molar-refractivity contribution in [1.82, 2.24) is 9.97 Å². The van der Waals surface area contributed by atoms with E-state index in [-0.39, 0.29) is 22.6 Å². The molecule has 0 atom stereocenters. The fraction of sp³-hybridized carbons (Fsp3) is 0. The van der Waals surface area contributed by atoms with Gasteiger partial charge in [0.2, 0.25) is 0 Å². The van der Waals surface area contributed by atoms with Crippen LogP contribution in [0.15, 0.2) is 70.5 Å². The average molecular weight is 426 g/mol. The summed E-state index contributed by atoms with van der Waals surface area (Å²) in [5.74, 6) is -0.486. The highest BCUT2D eigenvalue weighted by molar-refractivity contribution is 5.74. The monoisotopic (exact) mass is 426 g/mol. The lowest BCUT2D eigenvalue weighted by Gasteiger charge is -1.88. The summed E-state index contributed by atoms with van der Waals surface area (Å²) in [6.07, 6.45) is 2.92. The molecule has 3 aromatic rings. The van der Waals surface area contributed by atoms with E-state index >= 15 is 0 Å². The lowest BCUT2D eigenvalue weighted by Crippen LogP contribution is -2.11. The predicted octanol–water partition coefficient (Wildman–Crippen LogP) is 0.243. The number of pyridine rings is 2. The zero-order valence-corrected chi connectivity index (χ0v) is 16.3. The van der Waals surface area contributed by atoms with Gasteiger partial charge in [-0.25, -0.2) is 0 Å². The van der Waals surface area contributed by atoms with Gasteiger partial charge in [0.1, 0.15) is 35.4 Å². The number of aromatic nitrogens is 2. The second-order valence-electron chi connectivity index (χ2n) is 5.54. The van der Waals surface area contributed by atoms with E-state index in [9.17, 15) is 9.59 Å². The van der Waals surface area contributed by atoms with Crippen LogP contribution in [0.3, 0.4) is 0 Å². The number of nitrogens with one attached hydrogen (secondary N) is 2. The van der Waals surface area contributed by atoms with Crippen molar-refractivity contribution in [1.29, 1.82) is 21.0 Å². The maximum absolute atomic E-state index is 10.3. The molecule has 0 unspecified atom stereocenters. The Morgan fingerprint density at radius 2 is 0.938 bits per heavy atom. The molecule has 1 aromatic carbocycles. The van der Waals surface area contributed by atoms with Gasteiger partial charge in [0.05, 0.1) is 0 Å². The summed E-state index contributed by atoms with van der Waals surface area (Å²) >= 11 is 0. The molecule has 2 heterocycles. The van der Waals surface area contributed by atoms with Crippen molar-refractivity contribution in [3.63, 3.8) is 0 Å². The van der Waals surface area contributed by atoms with Crippen LogP contribution in [0.2, 0.25) is 0 Å². The number of H-pyrrole nitrogens is 2. The second-order valence-corrected chi connectivity index (χ2v) is 5.54. The van der Waals surface area contributed by atoms with E-state index in [4.69, 9.17) is 31.3 Å². The zero-order chi connectivity index (χ0) is 23.9. The highest BCUT2D eigenvalue weighted by atomic mass is 16.3. The largest absolute Gasteiger partial charge is 0.503 e. The molecule has 32 heavy (non-hydrogen) atoms. The summed E-state index contributed by atoms with van der Waals surface area (Å²) in [6, 6.07) is 19.0. The number of nitrogens with zero attached hydrogens (tertiary/aromatic N) is 4. The van der Waals surface area contributed by atoms with Crippen molar-refractivity contribution in [2.24, 2.45) is 0 Å². The topological polar surface area (TPSA) is 201 Å². The van der Waals surface area contributed by atoms with Gasteiger partial charge in [-0.15, -0.1) is 0 Å². The third-order valence-electron chi connectivity index (χ3n) is 3.50. The van der Waals surface area contributed by atoms with Crippen LogP contribution in [0.1, 0.15) is 0 Å². The molecule has 0 aliphatic heterocycles. The lowest BCUT2D eigenvalue weighted by atomic mass is 10.1. The third kappa shape index (κ3) is 7.44. The van der Waals surface area contributed by atoms with Gasteiger partial charge in [0.25, 0.3) is 11.1 Å². The normalized spacial score (nSPS) is 8.38. The average Bonchev–Trinajstić information content (AvgIpc) is 2.81. The first kappa shape index (κ1) is 24.5. The Morgan fingerprint density at radius 1 is 0.625 bits per heavy atom.